The van der Waals surface area contributed by atoms with E-state index in [2.05, 4.69) is 36.9 Å². The second-order valence-electron chi connectivity index (χ2n) is 7.37. The largest absolute Gasteiger partial charge is 0.493 e. The summed E-state index contributed by atoms with van der Waals surface area (Å²) in [7, 11) is 3.48. The number of carbonyl (C=O) groups excluding carboxylic acids is 1. The van der Waals surface area contributed by atoms with Gasteiger partial charge < -0.3 is 14.4 Å². The fourth-order valence-electron chi connectivity index (χ4n) is 3.59. The van der Waals surface area contributed by atoms with Crippen molar-refractivity contribution in [2.24, 2.45) is 0 Å². The first-order valence-electron chi connectivity index (χ1n) is 9.13. The molecule has 0 fully saturated rings. The monoisotopic (exact) mass is 376 g/mol. The van der Waals surface area contributed by atoms with Crippen LogP contribution in [-0.4, -0.2) is 26.0 Å². The predicted octanol–water partition coefficient (Wildman–Crippen LogP) is 4.21. The molecule has 5 nitrogen and oxygen atoms in total. The summed E-state index contributed by atoms with van der Waals surface area (Å²) in [6.07, 6.45) is 0.975. The molecule has 2 aromatic carbocycles. The van der Waals surface area contributed by atoms with Crippen molar-refractivity contribution in [1.82, 2.24) is 0 Å². The zero-order chi connectivity index (χ0) is 20.5. The van der Waals surface area contributed by atoms with E-state index < -0.39 is 6.10 Å². The molecule has 1 aliphatic heterocycles. The Morgan fingerprint density at radius 2 is 1.93 bits per heavy atom. The van der Waals surface area contributed by atoms with E-state index in [0.29, 0.717) is 17.1 Å². The fraction of sp³-hybridized carbons (Fsp3) is 0.304. The normalized spacial score (nSPS) is 17.0. The van der Waals surface area contributed by atoms with E-state index >= 15 is 0 Å². The molecule has 1 unspecified atom stereocenters. The van der Waals surface area contributed by atoms with Gasteiger partial charge in [-0.25, -0.2) is 0 Å². The molecule has 28 heavy (non-hydrogen) atoms. The van der Waals surface area contributed by atoms with Crippen molar-refractivity contribution in [3.8, 4) is 17.6 Å². The maximum absolute atomic E-state index is 12.9. The number of carbonyl (C=O) groups is 1. The van der Waals surface area contributed by atoms with Gasteiger partial charge in [-0.1, -0.05) is 32.0 Å². The zero-order valence-corrected chi connectivity index (χ0v) is 16.8. The topological polar surface area (TPSA) is 62.6 Å². The number of benzene rings is 2. The summed E-state index contributed by atoms with van der Waals surface area (Å²) in [5.74, 6) is 0.731. The van der Waals surface area contributed by atoms with Gasteiger partial charge >= 0.3 is 0 Å². The van der Waals surface area contributed by atoms with E-state index in [1.807, 2.05) is 19.2 Å². The summed E-state index contributed by atoms with van der Waals surface area (Å²) in [5, 5.41) is 9.01. The lowest BCUT2D eigenvalue weighted by Gasteiger charge is -2.24. The van der Waals surface area contributed by atoms with Crippen LogP contribution in [0.5, 0.6) is 11.5 Å². The van der Waals surface area contributed by atoms with Crippen LogP contribution in [0.1, 0.15) is 31.9 Å². The molecular weight excluding hydrogens is 352 g/mol. The molecule has 1 aliphatic rings. The molecule has 0 aliphatic carbocycles. The number of nitrogens with zero attached hydrogens (tertiary/aromatic N) is 2. The van der Waals surface area contributed by atoms with Crippen LogP contribution in [0.15, 0.2) is 54.2 Å². The van der Waals surface area contributed by atoms with Crippen LogP contribution in [0.4, 0.5) is 5.69 Å². The van der Waals surface area contributed by atoms with E-state index in [-0.39, 0.29) is 11.2 Å². The number of hydrogen-bond acceptors (Lipinski definition) is 5. The molecule has 0 amide bonds. The number of fused-ring (bicyclic) bond motifs is 1. The highest BCUT2D eigenvalue weighted by atomic mass is 16.5. The molecule has 3 rings (SSSR count). The third-order valence-electron chi connectivity index (χ3n) is 5.22. The Hall–Kier alpha value is -3.26. The Morgan fingerprint density at radius 3 is 2.57 bits per heavy atom. The lowest BCUT2D eigenvalue weighted by atomic mass is 9.83. The summed E-state index contributed by atoms with van der Waals surface area (Å²) in [6.45, 7) is 5.94. The lowest BCUT2D eigenvalue weighted by molar-refractivity contribution is -0.120. The number of ether oxygens (including phenoxy) is 2. The quantitative estimate of drug-likeness (QED) is 0.732. The summed E-state index contributed by atoms with van der Waals surface area (Å²) in [5.41, 5.74) is 3.43. The van der Waals surface area contributed by atoms with Crippen LogP contribution in [0.3, 0.4) is 0 Å². The number of para-hydroxylation sites is 1. The van der Waals surface area contributed by atoms with Gasteiger partial charge in [0.25, 0.3) is 0 Å². The molecule has 0 bridgehead atoms. The third-order valence-corrected chi connectivity index (χ3v) is 5.22. The SMILES string of the molecule is COc1cc(C#N)ccc1OC(C)C(=O)/C=C1/N(C)c2ccccc2C1(C)C. The average molecular weight is 376 g/mol. The molecule has 0 radical (unpaired) electrons. The van der Waals surface area contributed by atoms with Crippen molar-refractivity contribution < 1.29 is 14.3 Å². The van der Waals surface area contributed by atoms with E-state index in [1.54, 1.807) is 31.2 Å². The summed E-state index contributed by atoms with van der Waals surface area (Å²) >= 11 is 0. The van der Waals surface area contributed by atoms with Gasteiger partial charge in [-0.15, -0.1) is 0 Å². The second-order valence-corrected chi connectivity index (χ2v) is 7.37. The van der Waals surface area contributed by atoms with Crippen LogP contribution in [0.2, 0.25) is 0 Å². The standard InChI is InChI=1S/C23H24N2O3/c1-15(28-20-11-10-16(14-24)12-21(20)27-5)19(26)13-22-23(2,3)17-8-6-7-9-18(17)25(22)4/h6-13,15H,1-5H3/b22-13+. The fourth-order valence-corrected chi connectivity index (χ4v) is 3.59. The number of likely N-dealkylation sites (N-methyl/N-ethyl adjacent to an activating group) is 1. The molecule has 1 atom stereocenters. The Bertz CT molecular complexity index is 986. The lowest BCUT2D eigenvalue weighted by Crippen LogP contribution is -2.28. The number of ketones is 1. The van der Waals surface area contributed by atoms with Crippen LogP contribution >= 0.6 is 0 Å². The van der Waals surface area contributed by atoms with Gasteiger partial charge in [0, 0.05) is 36.0 Å². The number of methoxy groups -OCH3 is 1. The first-order chi connectivity index (χ1) is 13.3. The van der Waals surface area contributed by atoms with E-state index in [1.165, 1.54) is 12.7 Å². The molecule has 2 aromatic rings. The predicted molar refractivity (Wildman–Crippen MR) is 109 cm³/mol. The summed E-state index contributed by atoms with van der Waals surface area (Å²) in [6, 6.07) is 15.1. The highest BCUT2D eigenvalue weighted by molar-refractivity contribution is 5.95. The summed E-state index contributed by atoms with van der Waals surface area (Å²) in [4.78, 5) is 14.9. The Labute approximate surface area is 165 Å². The maximum atomic E-state index is 12.9. The van der Waals surface area contributed by atoms with Crippen LogP contribution in [-0.2, 0) is 10.2 Å². The summed E-state index contributed by atoms with van der Waals surface area (Å²) < 4.78 is 11.1. The van der Waals surface area contributed by atoms with Crippen LogP contribution in [0.25, 0.3) is 0 Å². The van der Waals surface area contributed by atoms with Gasteiger partial charge in [-0.2, -0.15) is 5.26 Å². The molecule has 0 N–H and O–H groups in total. The van der Waals surface area contributed by atoms with Crippen LogP contribution in [0, 0.1) is 11.3 Å². The molecule has 0 saturated carbocycles. The first-order valence-corrected chi connectivity index (χ1v) is 9.13. The van der Waals surface area contributed by atoms with Crippen molar-refractivity contribution in [1.29, 1.82) is 5.26 Å². The molecule has 144 valence electrons. The van der Waals surface area contributed by atoms with Gasteiger partial charge in [0.1, 0.15) is 0 Å². The van der Waals surface area contributed by atoms with Gasteiger partial charge in [-0.05, 0) is 30.7 Å². The highest BCUT2D eigenvalue weighted by Crippen LogP contribution is 2.46. The highest BCUT2D eigenvalue weighted by Gasteiger charge is 2.38. The van der Waals surface area contributed by atoms with Crippen molar-refractivity contribution >= 4 is 11.5 Å². The molecule has 0 saturated heterocycles. The molecular formula is C23H24N2O3. The van der Waals surface area contributed by atoms with Crippen molar-refractivity contribution in [2.45, 2.75) is 32.3 Å². The van der Waals surface area contributed by atoms with Crippen molar-refractivity contribution in [3.05, 3.63) is 65.4 Å². The number of anilines is 1. The maximum Gasteiger partial charge on any atom is 0.197 e. The molecule has 0 spiro atoms. The number of allylic oxidation sites excluding steroid dienone is 1. The van der Waals surface area contributed by atoms with E-state index in [4.69, 9.17) is 14.7 Å². The average Bonchev–Trinajstić information content (AvgIpc) is 2.89. The number of nitriles is 1. The Kier molecular flexibility index (Phi) is 5.15. The minimum absolute atomic E-state index is 0.130. The van der Waals surface area contributed by atoms with E-state index in [9.17, 15) is 4.79 Å². The van der Waals surface area contributed by atoms with Gasteiger partial charge in [-0.3, -0.25) is 4.79 Å². The molecule has 1 heterocycles. The second kappa shape index (κ2) is 7.40. The van der Waals surface area contributed by atoms with Gasteiger partial charge in [0.05, 0.1) is 18.7 Å². The van der Waals surface area contributed by atoms with Crippen LogP contribution < -0.4 is 14.4 Å². The number of hydrogen-bond donors (Lipinski definition) is 0. The van der Waals surface area contributed by atoms with E-state index in [0.717, 1.165) is 11.4 Å². The smallest absolute Gasteiger partial charge is 0.197 e. The van der Waals surface area contributed by atoms with Gasteiger partial charge in [0.2, 0.25) is 0 Å². The van der Waals surface area contributed by atoms with Gasteiger partial charge in [0.15, 0.2) is 23.4 Å². The Morgan fingerprint density at radius 1 is 1.21 bits per heavy atom. The van der Waals surface area contributed by atoms with Crippen molar-refractivity contribution in [2.75, 3.05) is 19.1 Å². The minimum Gasteiger partial charge on any atom is -0.493 e. The zero-order valence-electron chi connectivity index (χ0n) is 16.8. The first kappa shape index (κ1) is 19.5. The number of rotatable bonds is 5. The molecule has 0 aromatic heterocycles. The minimum atomic E-state index is -0.692. The molecule has 5 heteroatoms. The third kappa shape index (κ3) is 3.34. The Balaban J connectivity index is 1.85. The van der Waals surface area contributed by atoms with Crippen molar-refractivity contribution in [3.63, 3.8) is 0 Å².